The Labute approximate surface area is 93.3 Å². The Kier molecular flexibility index (Phi) is 4.61. The van der Waals surface area contributed by atoms with Crippen molar-refractivity contribution in [1.82, 2.24) is 0 Å². The molecule has 2 nitrogen and oxygen atoms in total. The largest absolute Gasteiger partial charge is 0.337 e. The fraction of sp³-hybridized carbons (Fsp3) is 0.333. The van der Waals surface area contributed by atoms with Gasteiger partial charge < -0.3 is 9.79 Å². The third-order valence-electron chi connectivity index (χ3n) is 1.71. The van der Waals surface area contributed by atoms with Crippen molar-refractivity contribution in [2.75, 3.05) is 0 Å². The van der Waals surface area contributed by atoms with Crippen molar-refractivity contribution in [3.05, 3.63) is 29.8 Å². The average Bonchev–Trinajstić information content (AvgIpc) is 2.06. The van der Waals surface area contributed by atoms with Crippen molar-refractivity contribution in [3.8, 4) is 0 Å². The van der Waals surface area contributed by atoms with Crippen LogP contribution in [0, 0.1) is 0 Å². The van der Waals surface area contributed by atoms with Gasteiger partial charge in [-0.05, 0) is 41.2 Å². The fourth-order valence-electron chi connectivity index (χ4n) is 1.20. The SMILES string of the molecule is CCCc1ccccc1SP(O)(O)=S. The molecule has 0 radical (unpaired) electrons. The van der Waals surface area contributed by atoms with Crippen LogP contribution in [0.15, 0.2) is 29.2 Å². The lowest BCUT2D eigenvalue weighted by molar-refractivity contribution is 0.502. The summed E-state index contributed by atoms with van der Waals surface area (Å²) in [6.45, 7) is 2.09. The highest BCUT2D eigenvalue weighted by atomic mass is 32.9. The van der Waals surface area contributed by atoms with Gasteiger partial charge in [0.1, 0.15) is 0 Å². The topological polar surface area (TPSA) is 40.5 Å². The lowest BCUT2D eigenvalue weighted by Gasteiger charge is -2.10. The lowest BCUT2D eigenvalue weighted by Crippen LogP contribution is -1.86. The Hall–Kier alpha value is 0.140. The van der Waals surface area contributed by atoms with Crippen LogP contribution in [0.5, 0.6) is 0 Å². The minimum atomic E-state index is -3.19. The number of rotatable bonds is 4. The molecule has 14 heavy (non-hydrogen) atoms. The summed E-state index contributed by atoms with van der Waals surface area (Å²) in [5.74, 6) is 0. The molecule has 0 saturated heterocycles. The molecule has 0 bridgehead atoms. The van der Waals surface area contributed by atoms with Gasteiger partial charge in [-0.1, -0.05) is 31.5 Å². The molecule has 0 aliphatic heterocycles. The smallest absolute Gasteiger partial charge is 0.246 e. The van der Waals surface area contributed by atoms with Crippen molar-refractivity contribution >= 4 is 28.9 Å². The van der Waals surface area contributed by atoms with Gasteiger partial charge in [-0.3, -0.25) is 0 Å². The van der Waals surface area contributed by atoms with E-state index in [9.17, 15) is 9.79 Å². The third-order valence-corrected chi connectivity index (χ3v) is 4.52. The first-order valence-corrected chi connectivity index (χ1v) is 8.49. The minimum absolute atomic E-state index is 0.891. The van der Waals surface area contributed by atoms with Crippen molar-refractivity contribution in [1.29, 1.82) is 0 Å². The average molecular weight is 248 g/mol. The molecule has 1 aromatic carbocycles. The number of benzene rings is 1. The van der Waals surface area contributed by atoms with Gasteiger partial charge in [0.2, 0.25) is 5.69 Å². The minimum Gasteiger partial charge on any atom is -0.337 e. The zero-order valence-corrected chi connectivity index (χ0v) is 10.4. The Morgan fingerprint density at radius 1 is 1.36 bits per heavy atom. The summed E-state index contributed by atoms with van der Waals surface area (Å²) >= 11 is 5.60. The van der Waals surface area contributed by atoms with E-state index in [4.69, 9.17) is 0 Å². The van der Waals surface area contributed by atoms with E-state index < -0.39 is 5.69 Å². The van der Waals surface area contributed by atoms with E-state index in [-0.39, 0.29) is 0 Å². The Bertz CT molecular complexity index is 348. The molecule has 0 heterocycles. The van der Waals surface area contributed by atoms with Crippen LogP contribution in [0.4, 0.5) is 0 Å². The number of aryl methyl sites for hydroxylation is 1. The summed E-state index contributed by atoms with van der Waals surface area (Å²) in [6, 6.07) is 7.71. The van der Waals surface area contributed by atoms with Crippen molar-refractivity contribution in [2.24, 2.45) is 0 Å². The summed E-state index contributed by atoms with van der Waals surface area (Å²) < 4.78 is 0. The summed E-state index contributed by atoms with van der Waals surface area (Å²) in [6.07, 6.45) is 1.98. The van der Waals surface area contributed by atoms with Gasteiger partial charge in [0.05, 0.1) is 0 Å². The molecular weight excluding hydrogens is 235 g/mol. The van der Waals surface area contributed by atoms with Gasteiger partial charge >= 0.3 is 0 Å². The van der Waals surface area contributed by atoms with Gasteiger partial charge in [-0.15, -0.1) is 0 Å². The highest BCUT2D eigenvalue weighted by molar-refractivity contribution is 8.67. The highest BCUT2D eigenvalue weighted by Gasteiger charge is 2.12. The Morgan fingerprint density at radius 3 is 2.57 bits per heavy atom. The van der Waals surface area contributed by atoms with E-state index in [1.165, 1.54) is 0 Å². The molecule has 1 aromatic rings. The standard InChI is InChI=1S/C9H13O2PS2/c1-2-5-8-6-3-4-7-9(8)14-12(10,11)13/h3-4,6-7H,2,5H2,1H3,(H2,10,11,13). The molecule has 0 spiro atoms. The van der Waals surface area contributed by atoms with Crippen LogP contribution in [0.3, 0.4) is 0 Å². The molecule has 0 atom stereocenters. The Balaban J connectivity index is 2.90. The van der Waals surface area contributed by atoms with E-state index in [2.05, 4.69) is 18.7 Å². The molecule has 0 aliphatic carbocycles. The zero-order valence-electron chi connectivity index (χ0n) is 7.88. The molecule has 0 saturated carbocycles. The molecular formula is C9H13O2PS2. The maximum Gasteiger partial charge on any atom is 0.246 e. The van der Waals surface area contributed by atoms with Crippen molar-refractivity contribution in [2.45, 2.75) is 24.7 Å². The van der Waals surface area contributed by atoms with Crippen LogP contribution in [0.25, 0.3) is 0 Å². The first kappa shape index (κ1) is 12.2. The fourth-order valence-corrected chi connectivity index (χ4v) is 3.91. The maximum absolute atomic E-state index is 9.21. The molecule has 0 aliphatic rings. The predicted octanol–water partition coefficient (Wildman–Crippen LogP) is 2.94. The van der Waals surface area contributed by atoms with Crippen LogP contribution < -0.4 is 0 Å². The van der Waals surface area contributed by atoms with Crippen LogP contribution in [0.1, 0.15) is 18.9 Å². The van der Waals surface area contributed by atoms with Gasteiger partial charge in [0, 0.05) is 4.90 Å². The van der Waals surface area contributed by atoms with Crippen molar-refractivity contribution in [3.63, 3.8) is 0 Å². The van der Waals surface area contributed by atoms with E-state index in [1.807, 2.05) is 24.3 Å². The first-order valence-electron chi connectivity index (χ1n) is 4.36. The summed E-state index contributed by atoms with van der Waals surface area (Å²) in [4.78, 5) is 19.3. The maximum atomic E-state index is 9.21. The molecule has 5 heteroatoms. The van der Waals surface area contributed by atoms with E-state index in [1.54, 1.807) is 0 Å². The molecule has 0 unspecified atom stereocenters. The molecule has 0 amide bonds. The van der Waals surface area contributed by atoms with Gasteiger partial charge in [0.15, 0.2) is 0 Å². The van der Waals surface area contributed by atoms with Crippen LogP contribution >= 0.6 is 17.1 Å². The van der Waals surface area contributed by atoms with Crippen molar-refractivity contribution < 1.29 is 9.79 Å². The predicted molar refractivity (Wildman–Crippen MR) is 65.0 cm³/mol. The van der Waals surface area contributed by atoms with E-state index in [0.29, 0.717) is 0 Å². The summed E-state index contributed by atoms with van der Waals surface area (Å²) in [5.41, 5.74) is -2.05. The lowest BCUT2D eigenvalue weighted by atomic mass is 10.1. The van der Waals surface area contributed by atoms with Crippen LogP contribution in [-0.4, -0.2) is 9.79 Å². The molecule has 78 valence electrons. The molecule has 0 fully saturated rings. The number of hydrogen-bond donors (Lipinski definition) is 2. The number of hydrogen-bond acceptors (Lipinski definition) is 2. The van der Waals surface area contributed by atoms with Gasteiger partial charge in [-0.25, -0.2) is 0 Å². The van der Waals surface area contributed by atoms with E-state index in [0.717, 1.165) is 34.7 Å². The highest BCUT2D eigenvalue weighted by Crippen LogP contribution is 2.55. The second-order valence-corrected chi connectivity index (χ2v) is 8.84. The van der Waals surface area contributed by atoms with Gasteiger partial charge in [0.25, 0.3) is 0 Å². The van der Waals surface area contributed by atoms with E-state index >= 15 is 0 Å². The second-order valence-electron chi connectivity index (χ2n) is 2.94. The second kappa shape index (κ2) is 5.29. The monoisotopic (exact) mass is 248 g/mol. The summed E-state index contributed by atoms with van der Waals surface area (Å²) in [7, 11) is 0. The first-order chi connectivity index (χ1) is 6.53. The van der Waals surface area contributed by atoms with Gasteiger partial charge in [-0.2, -0.15) is 0 Å². The third kappa shape index (κ3) is 4.11. The normalized spacial score (nSPS) is 11.6. The molecule has 0 aromatic heterocycles. The quantitative estimate of drug-likeness (QED) is 0.804. The Morgan fingerprint density at radius 2 is 2.00 bits per heavy atom. The zero-order chi connectivity index (χ0) is 10.6. The molecule has 2 N–H and O–H groups in total. The van der Waals surface area contributed by atoms with Crippen LogP contribution in [0.2, 0.25) is 0 Å². The molecule has 1 rings (SSSR count). The van der Waals surface area contributed by atoms with Crippen LogP contribution in [-0.2, 0) is 18.2 Å². The summed E-state index contributed by atoms with van der Waals surface area (Å²) in [5, 5.41) is 0.